The van der Waals surface area contributed by atoms with Crippen LogP contribution in [0, 0.1) is 10.1 Å². The van der Waals surface area contributed by atoms with Crippen LogP contribution in [0.2, 0.25) is 0 Å². The maximum atomic E-state index is 12.2. The zero-order valence-corrected chi connectivity index (χ0v) is 12.9. The number of methoxy groups -OCH3 is 1. The van der Waals surface area contributed by atoms with Crippen LogP contribution >= 0.6 is 0 Å². The zero-order chi connectivity index (χ0) is 18.0. The van der Waals surface area contributed by atoms with Crippen molar-refractivity contribution >= 4 is 22.6 Å². The molecule has 0 bridgehead atoms. The molecule has 0 saturated carbocycles. The molecule has 0 N–H and O–H groups in total. The number of nitro groups is 1. The quantitative estimate of drug-likeness (QED) is 0.236. The summed E-state index contributed by atoms with van der Waals surface area (Å²) < 4.78 is 15.3. The molecule has 3 aromatic rings. The van der Waals surface area contributed by atoms with Gasteiger partial charge >= 0.3 is 11.6 Å². The molecule has 0 fully saturated rings. The normalized spacial score (nSPS) is 10.4. The van der Waals surface area contributed by atoms with Crippen LogP contribution in [0.3, 0.4) is 0 Å². The lowest BCUT2D eigenvalue weighted by atomic mass is 10.2. The summed E-state index contributed by atoms with van der Waals surface area (Å²) in [6, 6.07) is 11.2. The van der Waals surface area contributed by atoms with Gasteiger partial charge in [-0.3, -0.25) is 10.1 Å². The minimum absolute atomic E-state index is 0.0701. The first-order valence-corrected chi connectivity index (χ1v) is 7.07. The smallest absolute Gasteiger partial charge is 0.351 e. The van der Waals surface area contributed by atoms with Gasteiger partial charge in [-0.1, -0.05) is 12.1 Å². The average molecular weight is 341 g/mol. The van der Waals surface area contributed by atoms with E-state index in [4.69, 9.17) is 13.9 Å². The second-order valence-electron chi connectivity index (χ2n) is 4.97. The van der Waals surface area contributed by atoms with E-state index in [9.17, 15) is 19.7 Å². The molecule has 8 nitrogen and oxygen atoms in total. The Balaban J connectivity index is 1.93. The molecule has 0 saturated heterocycles. The molecule has 0 amide bonds. The Bertz CT molecular complexity index is 1020. The van der Waals surface area contributed by atoms with Crippen LogP contribution in [0.4, 0.5) is 5.69 Å². The number of esters is 1. The van der Waals surface area contributed by atoms with Gasteiger partial charge in [-0.25, -0.2) is 9.59 Å². The Morgan fingerprint density at radius 2 is 1.88 bits per heavy atom. The van der Waals surface area contributed by atoms with Gasteiger partial charge in [0.15, 0.2) is 11.3 Å². The lowest BCUT2D eigenvalue weighted by Gasteiger charge is -2.06. The highest BCUT2D eigenvalue weighted by Gasteiger charge is 2.18. The van der Waals surface area contributed by atoms with Gasteiger partial charge < -0.3 is 13.9 Å². The summed E-state index contributed by atoms with van der Waals surface area (Å²) in [4.78, 5) is 34.3. The van der Waals surface area contributed by atoms with E-state index in [1.165, 1.54) is 37.4 Å². The van der Waals surface area contributed by atoms with Crippen molar-refractivity contribution in [2.75, 3.05) is 7.11 Å². The van der Waals surface area contributed by atoms with E-state index in [0.29, 0.717) is 11.1 Å². The van der Waals surface area contributed by atoms with Gasteiger partial charge in [0.2, 0.25) is 0 Å². The van der Waals surface area contributed by atoms with Crippen molar-refractivity contribution in [3.63, 3.8) is 0 Å². The van der Waals surface area contributed by atoms with Crippen molar-refractivity contribution in [2.45, 2.75) is 0 Å². The Hall–Kier alpha value is -3.68. The van der Waals surface area contributed by atoms with E-state index < -0.39 is 16.5 Å². The van der Waals surface area contributed by atoms with E-state index in [-0.39, 0.29) is 22.6 Å². The highest BCUT2D eigenvalue weighted by atomic mass is 16.6. The third kappa shape index (κ3) is 3.18. The summed E-state index contributed by atoms with van der Waals surface area (Å²) in [7, 11) is 1.44. The molecule has 0 aliphatic heterocycles. The first-order valence-electron chi connectivity index (χ1n) is 7.07. The van der Waals surface area contributed by atoms with Gasteiger partial charge in [-0.05, 0) is 24.3 Å². The highest BCUT2D eigenvalue weighted by molar-refractivity contribution is 5.95. The Kier molecular flexibility index (Phi) is 4.17. The van der Waals surface area contributed by atoms with E-state index in [2.05, 4.69) is 0 Å². The SMILES string of the molecule is COc1cccc2cc(C(=O)Oc3ccc([N+](=O)[O-])cc3)c(=O)oc12. The standard InChI is InChI=1S/C17H11NO7/c1-23-14-4-2-3-10-9-13(17(20)25-15(10)14)16(19)24-12-7-5-11(6-8-12)18(21)22/h2-9H,1H3. The third-order valence-electron chi connectivity index (χ3n) is 3.42. The first kappa shape index (κ1) is 16.2. The molecule has 3 rings (SSSR count). The second kappa shape index (κ2) is 6.44. The largest absolute Gasteiger partial charge is 0.493 e. The number of hydrogen-bond donors (Lipinski definition) is 0. The van der Waals surface area contributed by atoms with Crippen LogP contribution in [0.5, 0.6) is 11.5 Å². The highest BCUT2D eigenvalue weighted by Crippen LogP contribution is 2.25. The number of carbonyl (C=O) groups excluding carboxylic acids is 1. The number of hydrogen-bond acceptors (Lipinski definition) is 7. The van der Waals surface area contributed by atoms with Crippen LogP contribution < -0.4 is 15.1 Å². The van der Waals surface area contributed by atoms with E-state index in [1.54, 1.807) is 18.2 Å². The molecule has 2 aromatic carbocycles. The molecular weight excluding hydrogens is 330 g/mol. The number of ether oxygens (including phenoxy) is 2. The van der Waals surface area contributed by atoms with Gasteiger partial charge in [0.05, 0.1) is 12.0 Å². The Morgan fingerprint density at radius 1 is 1.16 bits per heavy atom. The van der Waals surface area contributed by atoms with Crippen molar-refractivity contribution < 1.29 is 23.6 Å². The van der Waals surface area contributed by atoms with Crippen molar-refractivity contribution in [3.8, 4) is 11.5 Å². The number of nitro benzene ring substituents is 1. The first-order chi connectivity index (χ1) is 12.0. The maximum Gasteiger partial charge on any atom is 0.351 e. The second-order valence-corrected chi connectivity index (χ2v) is 4.97. The summed E-state index contributed by atoms with van der Waals surface area (Å²) in [5, 5.41) is 11.1. The van der Waals surface area contributed by atoms with E-state index >= 15 is 0 Å². The molecule has 1 heterocycles. The average Bonchev–Trinajstić information content (AvgIpc) is 2.61. The number of benzene rings is 2. The molecule has 0 aliphatic carbocycles. The van der Waals surface area contributed by atoms with Crippen molar-refractivity contribution in [2.24, 2.45) is 0 Å². The van der Waals surface area contributed by atoms with Crippen molar-refractivity contribution in [1.82, 2.24) is 0 Å². The topological polar surface area (TPSA) is 109 Å². The van der Waals surface area contributed by atoms with Crippen LogP contribution in [-0.4, -0.2) is 18.0 Å². The molecule has 0 atom stereocenters. The maximum absolute atomic E-state index is 12.2. The van der Waals surface area contributed by atoms with Gasteiger partial charge in [-0.15, -0.1) is 0 Å². The Labute approximate surface area is 140 Å². The molecule has 0 unspecified atom stereocenters. The fourth-order valence-corrected chi connectivity index (χ4v) is 2.22. The minimum Gasteiger partial charge on any atom is -0.493 e. The third-order valence-corrected chi connectivity index (χ3v) is 3.42. The fraction of sp³-hybridized carbons (Fsp3) is 0.0588. The van der Waals surface area contributed by atoms with Gasteiger partial charge in [-0.2, -0.15) is 0 Å². The summed E-state index contributed by atoms with van der Waals surface area (Å²) >= 11 is 0. The number of para-hydroxylation sites is 1. The molecule has 0 radical (unpaired) electrons. The van der Waals surface area contributed by atoms with Crippen LogP contribution in [0.15, 0.2) is 57.7 Å². The molecule has 25 heavy (non-hydrogen) atoms. The number of carbonyl (C=O) groups is 1. The van der Waals surface area contributed by atoms with Gasteiger partial charge in [0.1, 0.15) is 11.3 Å². The predicted octanol–water partition coefficient (Wildman–Crippen LogP) is 2.93. The van der Waals surface area contributed by atoms with Gasteiger partial charge in [0, 0.05) is 17.5 Å². The van der Waals surface area contributed by atoms with Crippen LogP contribution in [-0.2, 0) is 0 Å². The molecule has 0 aliphatic rings. The monoisotopic (exact) mass is 341 g/mol. The van der Waals surface area contributed by atoms with Crippen LogP contribution in [0.1, 0.15) is 10.4 Å². The minimum atomic E-state index is -0.924. The molecular formula is C17H11NO7. The zero-order valence-electron chi connectivity index (χ0n) is 12.9. The van der Waals surface area contributed by atoms with Crippen molar-refractivity contribution in [1.29, 1.82) is 0 Å². The molecule has 126 valence electrons. The number of rotatable bonds is 4. The summed E-state index contributed by atoms with van der Waals surface area (Å²) in [6.07, 6.45) is 0. The van der Waals surface area contributed by atoms with E-state index in [1.807, 2.05) is 0 Å². The number of fused-ring (bicyclic) bond motifs is 1. The van der Waals surface area contributed by atoms with Crippen molar-refractivity contribution in [3.05, 3.63) is 74.6 Å². The van der Waals surface area contributed by atoms with Crippen LogP contribution in [0.25, 0.3) is 11.0 Å². The molecule has 0 spiro atoms. The number of non-ortho nitro benzene ring substituents is 1. The number of nitrogens with zero attached hydrogens (tertiary/aromatic N) is 1. The predicted molar refractivity (Wildman–Crippen MR) is 87.1 cm³/mol. The lowest BCUT2D eigenvalue weighted by molar-refractivity contribution is -0.384. The summed E-state index contributed by atoms with van der Waals surface area (Å²) in [5.74, 6) is -0.488. The Morgan fingerprint density at radius 3 is 2.52 bits per heavy atom. The molecule has 1 aromatic heterocycles. The summed E-state index contributed by atoms with van der Waals surface area (Å²) in [5.41, 5.74) is -1.08. The lowest BCUT2D eigenvalue weighted by Crippen LogP contribution is -2.18. The fourth-order valence-electron chi connectivity index (χ4n) is 2.22. The molecule has 8 heteroatoms. The van der Waals surface area contributed by atoms with E-state index in [0.717, 1.165) is 0 Å². The summed E-state index contributed by atoms with van der Waals surface area (Å²) in [6.45, 7) is 0. The van der Waals surface area contributed by atoms with Gasteiger partial charge in [0.25, 0.3) is 5.69 Å².